The summed E-state index contributed by atoms with van der Waals surface area (Å²) in [7, 11) is 0. The first-order valence-corrected chi connectivity index (χ1v) is 10.7. The molecule has 0 aromatic heterocycles. The van der Waals surface area contributed by atoms with Crippen LogP contribution in [-0.2, 0) is 4.74 Å². The Morgan fingerprint density at radius 3 is 2.39 bits per heavy atom. The minimum Gasteiger partial charge on any atom is -0.508 e. The molecular weight excluding hydrogens is 393 g/mol. The highest BCUT2D eigenvalue weighted by Crippen LogP contribution is 2.44. The fraction of sp³-hybridized carbons (Fsp3) is 0.269. The van der Waals surface area contributed by atoms with Gasteiger partial charge in [-0.05, 0) is 52.8 Å². The summed E-state index contributed by atoms with van der Waals surface area (Å²) in [5.74, 6) is -0.547. The van der Waals surface area contributed by atoms with E-state index in [0.29, 0.717) is 18.7 Å². The number of piperidine rings is 1. The van der Waals surface area contributed by atoms with Crippen molar-refractivity contribution in [3.8, 4) is 16.9 Å². The number of phenols is 1. The number of likely N-dealkylation sites (tertiary alicyclic amines) is 1. The van der Waals surface area contributed by atoms with Crippen molar-refractivity contribution in [3.05, 3.63) is 89.2 Å². The Labute approximate surface area is 180 Å². The third-order valence-corrected chi connectivity index (χ3v) is 6.39. The zero-order valence-electron chi connectivity index (χ0n) is 17.1. The molecule has 0 spiro atoms. The van der Waals surface area contributed by atoms with Crippen LogP contribution in [0.5, 0.6) is 5.75 Å². The molecule has 5 heteroatoms. The normalized spacial score (nSPS) is 17.8. The molecule has 0 bridgehead atoms. The molecule has 4 nitrogen and oxygen atoms in total. The maximum Gasteiger partial charge on any atom is 0.409 e. The second-order valence-corrected chi connectivity index (χ2v) is 8.33. The van der Waals surface area contributed by atoms with Crippen molar-refractivity contribution >= 4 is 6.09 Å². The summed E-state index contributed by atoms with van der Waals surface area (Å²) in [6.45, 7) is 1.36. The maximum absolute atomic E-state index is 13.7. The third kappa shape index (κ3) is 3.76. The predicted molar refractivity (Wildman–Crippen MR) is 117 cm³/mol. The molecular formula is C26H24FNO3. The lowest BCUT2D eigenvalue weighted by Gasteiger charge is -2.32. The van der Waals surface area contributed by atoms with Gasteiger partial charge in [-0.3, -0.25) is 0 Å². The summed E-state index contributed by atoms with van der Waals surface area (Å²) < 4.78 is 19.5. The van der Waals surface area contributed by atoms with E-state index in [1.807, 2.05) is 24.3 Å². The summed E-state index contributed by atoms with van der Waals surface area (Å²) in [6.07, 6.45) is 1.31. The Bertz CT molecular complexity index is 1060. The van der Waals surface area contributed by atoms with E-state index in [0.717, 1.165) is 18.9 Å². The van der Waals surface area contributed by atoms with Crippen LogP contribution < -0.4 is 0 Å². The number of carbonyl (C=O) groups excluding carboxylic acids is 1. The first kappa shape index (κ1) is 19.6. The summed E-state index contributed by atoms with van der Waals surface area (Å²) in [5, 5.41) is 9.72. The number of nitrogens with zero attached hydrogens (tertiary/aromatic N) is 1. The first-order chi connectivity index (χ1) is 15.1. The molecule has 158 valence electrons. The Hall–Kier alpha value is -3.34. The summed E-state index contributed by atoms with van der Waals surface area (Å²) in [6, 6.07) is 20.6. The van der Waals surface area contributed by atoms with Gasteiger partial charge in [-0.25, -0.2) is 9.18 Å². The summed E-state index contributed by atoms with van der Waals surface area (Å²) in [4.78, 5) is 14.6. The second kappa shape index (κ2) is 8.06. The number of hydrogen-bond donors (Lipinski definition) is 1. The number of fused-ring (bicyclic) bond motifs is 3. The van der Waals surface area contributed by atoms with Gasteiger partial charge in [0.1, 0.15) is 18.2 Å². The summed E-state index contributed by atoms with van der Waals surface area (Å²) >= 11 is 0. The van der Waals surface area contributed by atoms with Crippen molar-refractivity contribution in [2.24, 2.45) is 0 Å². The number of halogens is 1. The van der Waals surface area contributed by atoms with Crippen molar-refractivity contribution in [3.63, 3.8) is 0 Å². The average Bonchev–Trinajstić information content (AvgIpc) is 3.11. The minimum atomic E-state index is -0.465. The molecule has 3 aromatic rings. The van der Waals surface area contributed by atoms with Crippen LogP contribution in [0, 0.1) is 5.82 Å². The number of carbonyl (C=O) groups is 1. The van der Waals surface area contributed by atoms with Crippen molar-refractivity contribution in [2.75, 3.05) is 19.7 Å². The highest BCUT2D eigenvalue weighted by atomic mass is 19.1. The lowest BCUT2D eigenvalue weighted by molar-refractivity contribution is 0.0892. The standard InChI is InChI=1S/C26H24FNO3/c27-19-12-18(13-20(29)14-19)17-6-5-11-28(15-17)26(30)31-16-25-23-9-3-1-7-21(23)22-8-2-4-10-24(22)25/h1-4,7-10,12-14,17,25,29H,5-6,11,15-16H2. The molecule has 2 aliphatic rings. The fourth-order valence-electron chi connectivity index (χ4n) is 4.93. The number of aromatic hydroxyl groups is 1. The van der Waals surface area contributed by atoms with Gasteiger partial charge < -0.3 is 14.7 Å². The highest BCUT2D eigenvalue weighted by Gasteiger charge is 2.31. The van der Waals surface area contributed by atoms with E-state index < -0.39 is 5.82 Å². The van der Waals surface area contributed by atoms with Gasteiger partial charge in [-0.15, -0.1) is 0 Å². The van der Waals surface area contributed by atoms with E-state index in [1.54, 1.807) is 11.0 Å². The van der Waals surface area contributed by atoms with E-state index >= 15 is 0 Å². The lowest BCUT2D eigenvalue weighted by atomic mass is 9.90. The van der Waals surface area contributed by atoms with Crippen LogP contribution in [0.15, 0.2) is 66.7 Å². The van der Waals surface area contributed by atoms with E-state index in [9.17, 15) is 14.3 Å². The Morgan fingerprint density at radius 1 is 1.03 bits per heavy atom. The monoisotopic (exact) mass is 417 g/mol. The topological polar surface area (TPSA) is 49.8 Å². The van der Waals surface area contributed by atoms with Crippen molar-refractivity contribution in [2.45, 2.75) is 24.7 Å². The van der Waals surface area contributed by atoms with Crippen LogP contribution >= 0.6 is 0 Å². The van der Waals surface area contributed by atoms with Crippen LogP contribution in [0.2, 0.25) is 0 Å². The van der Waals surface area contributed by atoms with Gasteiger partial charge in [0.15, 0.2) is 0 Å². The predicted octanol–water partition coefficient (Wildman–Crippen LogP) is 5.66. The van der Waals surface area contributed by atoms with E-state index in [-0.39, 0.29) is 30.3 Å². The number of amides is 1. The van der Waals surface area contributed by atoms with Gasteiger partial charge >= 0.3 is 6.09 Å². The van der Waals surface area contributed by atoms with Gasteiger partial charge in [-0.1, -0.05) is 48.5 Å². The molecule has 0 saturated carbocycles. The fourth-order valence-corrected chi connectivity index (χ4v) is 4.93. The zero-order chi connectivity index (χ0) is 21.4. The number of rotatable bonds is 3. The Balaban J connectivity index is 1.29. The summed E-state index contributed by atoms with van der Waals surface area (Å²) in [5.41, 5.74) is 5.48. The molecule has 0 radical (unpaired) electrons. The molecule has 1 N–H and O–H groups in total. The quantitative estimate of drug-likeness (QED) is 0.598. The van der Waals surface area contributed by atoms with Gasteiger partial charge in [0.25, 0.3) is 0 Å². The molecule has 5 rings (SSSR count). The highest BCUT2D eigenvalue weighted by molar-refractivity contribution is 5.79. The number of benzene rings is 3. The molecule has 1 atom stereocenters. The smallest absolute Gasteiger partial charge is 0.409 e. The van der Waals surface area contributed by atoms with Gasteiger partial charge in [-0.2, -0.15) is 0 Å². The molecule has 1 amide bonds. The van der Waals surface area contributed by atoms with Gasteiger partial charge in [0, 0.05) is 31.0 Å². The Morgan fingerprint density at radius 2 is 1.71 bits per heavy atom. The molecule has 1 aliphatic carbocycles. The number of ether oxygens (including phenoxy) is 1. The molecule has 1 heterocycles. The molecule has 3 aromatic carbocycles. The maximum atomic E-state index is 13.7. The third-order valence-electron chi connectivity index (χ3n) is 6.39. The van der Waals surface area contributed by atoms with E-state index in [1.165, 1.54) is 28.3 Å². The van der Waals surface area contributed by atoms with Crippen LogP contribution in [-0.4, -0.2) is 35.8 Å². The van der Waals surface area contributed by atoms with Crippen LogP contribution in [0.3, 0.4) is 0 Å². The number of hydrogen-bond acceptors (Lipinski definition) is 3. The van der Waals surface area contributed by atoms with Crippen LogP contribution in [0.1, 0.15) is 41.4 Å². The number of phenolic OH excluding ortho intramolecular Hbond substituents is 1. The Kier molecular flexibility index (Phi) is 5.10. The van der Waals surface area contributed by atoms with E-state index in [4.69, 9.17) is 4.74 Å². The van der Waals surface area contributed by atoms with Gasteiger partial charge in [0.05, 0.1) is 0 Å². The van der Waals surface area contributed by atoms with E-state index in [2.05, 4.69) is 24.3 Å². The minimum absolute atomic E-state index is 0.0177. The molecule has 1 fully saturated rings. The lowest BCUT2D eigenvalue weighted by Crippen LogP contribution is -2.39. The average molecular weight is 417 g/mol. The molecule has 31 heavy (non-hydrogen) atoms. The first-order valence-electron chi connectivity index (χ1n) is 10.7. The van der Waals surface area contributed by atoms with Crippen molar-refractivity contribution in [1.29, 1.82) is 0 Å². The van der Waals surface area contributed by atoms with Crippen LogP contribution in [0.4, 0.5) is 9.18 Å². The van der Waals surface area contributed by atoms with Crippen LogP contribution in [0.25, 0.3) is 11.1 Å². The van der Waals surface area contributed by atoms with Gasteiger partial charge in [0.2, 0.25) is 0 Å². The van der Waals surface area contributed by atoms with Crippen molar-refractivity contribution < 1.29 is 19.0 Å². The zero-order valence-corrected chi connectivity index (χ0v) is 17.1. The molecule has 1 saturated heterocycles. The largest absolute Gasteiger partial charge is 0.508 e. The molecule has 1 aliphatic heterocycles. The second-order valence-electron chi connectivity index (χ2n) is 8.33. The van der Waals surface area contributed by atoms with Crippen molar-refractivity contribution in [1.82, 2.24) is 4.90 Å². The SMILES string of the molecule is O=C(OCC1c2ccccc2-c2ccccc21)N1CCCC(c2cc(O)cc(F)c2)C1. The molecule has 1 unspecified atom stereocenters.